The van der Waals surface area contributed by atoms with E-state index in [0.29, 0.717) is 29.8 Å². The Bertz CT molecular complexity index is 909. The minimum atomic E-state index is -0.0223. The summed E-state index contributed by atoms with van der Waals surface area (Å²) in [5.41, 5.74) is 0.837. The maximum Gasteiger partial charge on any atom is 0.226 e. The van der Waals surface area contributed by atoms with Gasteiger partial charge in [-0.15, -0.1) is 11.3 Å². The van der Waals surface area contributed by atoms with Gasteiger partial charge in [0.15, 0.2) is 0 Å². The number of amides is 1. The Morgan fingerprint density at radius 2 is 2.07 bits per heavy atom. The van der Waals surface area contributed by atoms with Gasteiger partial charge in [0.1, 0.15) is 11.5 Å². The van der Waals surface area contributed by atoms with Gasteiger partial charge >= 0.3 is 0 Å². The Kier molecular flexibility index (Phi) is 7.63. The van der Waals surface area contributed by atoms with Gasteiger partial charge in [0.25, 0.3) is 0 Å². The van der Waals surface area contributed by atoms with Crippen molar-refractivity contribution < 1.29 is 18.8 Å². The van der Waals surface area contributed by atoms with Crippen molar-refractivity contribution in [2.75, 3.05) is 20.8 Å². The Morgan fingerprint density at radius 1 is 1.17 bits per heavy atom. The quantitative estimate of drug-likeness (QED) is 0.478. The smallest absolute Gasteiger partial charge is 0.226 e. The minimum Gasteiger partial charge on any atom is -0.497 e. The molecule has 7 nitrogen and oxygen atoms in total. The van der Waals surface area contributed by atoms with E-state index in [9.17, 15) is 4.79 Å². The number of nitrogens with zero attached hydrogens (tertiary/aromatic N) is 2. The molecule has 154 valence electrons. The van der Waals surface area contributed by atoms with Gasteiger partial charge in [-0.1, -0.05) is 23.7 Å². The SMILES string of the molecule is COc1ccc(CC(=O)NCCCCCc2nc(-c3cccs3)no2)c(OC)c1. The molecule has 0 bridgehead atoms. The van der Waals surface area contributed by atoms with Gasteiger partial charge in [0.2, 0.25) is 17.6 Å². The van der Waals surface area contributed by atoms with Crippen molar-refractivity contribution in [3.8, 4) is 22.2 Å². The number of rotatable bonds is 11. The van der Waals surface area contributed by atoms with Crippen molar-refractivity contribution in [3.05, 3.63) is 47.2 Å². The molecule has 3 rings (SSSR count). The lowest BCUT2D eigenvalue weighted by Gasteiger charge is -2.10. The molecule has 2 aromatic heterocycles. The number of carbonyl (C=O) groups excluding carboxylic acids is 1. The molecule has 2 heterocycles. The maximum absolute atomic E-state index is 12.2. The Hall–Kier alpha value is -2.87. The fourth-order valence-corrected chi connectivity index (χ4v) is 3.55. The highest BCUT2D eigenvalue weighted by Gasteiger charge is 2.11. The Labute approximate surface area is 174 Å². The molecule has 8 heteroatoms. The first-order valence-electron chi connectivity index (χ1n) is 9.53. The number of benzene rings is 1. The third kappa shape index (κ3) is 6.05. The molecule has 0 spiro atoms. The summed E-state index contributed by atoms with van der Waals surface area (Å²) in [5.74, 6) is 2.64. The fraction of sp³-hybridized carbons (Fsp3) is 0.381. The predicted octanol–water partition coefficient (Wildman–Crippen LogP) is 3.89. The fourth-order valence-electron chi connectivity index (χ4n) is 2.90. The van der Waals surface area contributed by atoms with Crippen LogP contribution in [0.1, 0.15) is 30.7 Å². The first-order valence-corrected chi connectivity index (χ1v) is 10.4. The first-order chi connectivity index (χ1) is 14.2. The highest BCUT2D eigenvalue weighted by Crippen LogP contribution is 2.25. The molecule has 1 N–H and O–H groups in total. The number of hydrogen-bond acceptors (Lipinski definition) is 7. The molecule has 0 saturated carbocycles. The van der Waals surface area contributed by atoms with E-state index in [1.165, 1.54) is 0 Å². The van der Waals surface area contributed by atoms with Gasteiger partial charge in [0, 0.05) is 24.6 Å². The summed E-state index contributed by atoms with van der Waals surface area (Å²) >= 11 is 1.59. The zero-order valence-corrected chi connectivity index (χ0v) is 17.5. The van der Waals surface area contributed by atoms with E-state index in [2.05, 4.69) is 15.5 Å². The zero-order chi connectivity index (χ0) is 20.5. The molecule has 0 aliphatic heterocycles. The Morgan fingerprint density at radius 3 is 2.83 bits per heavy atom. The lowest BCUT2D eigenvalue weighted by Crippen LogP contribution is -2.26. The van der Waals surface area contributed by atoms with Crippen molar-refractivity contribution in [2.24, 2.45) is 0 Å². The number of hydrogen-bond donors (Lipinski definition) is 1. The van der Waals surface area contributed by atoms with Crippen molar-refractivity contribution in [1.29, 1.82) is 0 Å². The van der Waals surface area contributed by atoms with Gasteiger partial charge < -0.3 is 19.3 Å². The van der Waals surface area contributed by atoms with Crippen molar-refractivity contribution in [3.63, 3.8) is 0 Å². The molecule has 0 saturated heterocycles. The summed E-state index contributed by atoms with van der Waals surface area (Å²) in [7, 11) is 3.19. The van der Waals surface area contributed by atoms with Crippen LogP contribution in [0.15, 0.2) is 40.2 Å². The number of carbonyl (C=O) groups is 1. The number of ether oxygens (including phenoxy) is 2. The summed E-state index contributed by atoms with van der Waals surface area (Å²) in [6.07, 6.45) is 3.84. The normalized spacial score (nSPS) is 10.7. The van der Waals surface area contributed by atoms with E-state index in [1.807, 2.05) is 29.6 Å². The molecule has 0 aliphatic carbocycles. The average Bonchev–Trinajstić information content (AvgIpc) is 3.42. The summed E-state index contributed by atoms with van der Waals surface area (Å²) in [6.45, 7) is 0.640. The number of nitrogens with one attached hydrogen (secondary N) is 1. The number of thiophene rings is 1. The molecule has 1 amide bonds. The van der Waals surface area contributed by atoms with Gasteiger partial charge in [-0.2, -0.15) is 4.98 Å². The summed E-state index contributed by atoms with van der Waals surface area (Å²) in [6, 6.07) is 9.40. The highest BCUT2D eigenvalue weighted by molar-refractivity contribution is 7.13. The summed E-state index contributed by atoms with van der Waals surface area (Å²) in [5, 5.41) is 8.96. The second-order valence-electron chi connectivity index (χ2n) is 6.50. The van der Waals surface area contributed by atoms with Crippen LogP contribution in [0.3, 0.4) is 0 Å². The monoisotopic (exact) mass is 415 g/mol. The molecule has 0 aliphatic rings. The maximum atomic E-state index is 12.2. The molecule has 3 aromatic rings. The van der Waals surface area contributed by atoms with Gasteiger partial charge in [-0.05, 0) is 30.4 Å². The topological polar surface area (TPSA) is 86.5 Å². The van der Waals surface area contributed by atoms with Crippen LogP contribution in [0.4, 0.5) is 0 Å². The van der Waals surface area contributed by atoms with Crippen LogP contribution in [-0.4, -0.2) is 36.8 Å². The van der Waals surface area contributed by atoms with Crippen LogP contribution in [0, 0.1) is 0 Å². The molecular formula is C21H25N3O4S. The van der Waals surface area contributed by atoms with Gasteiger partial charge in [0.05, 0.1) is 25.5 Å². The lowest BCUT2D eigenvalue weighted by atomic mass is 10.1. The van der Waals surface area contributed by atoms with E-state index in [1.54, 1.807) is 31.6 Å². The third-order valence-corrected chi connectivity index (χ3v) is 5.31. The Balaban J connectivity index is 1.33. The number of aromatic nitrogens is 2. The molecule has 29 heavy (non-hydrogen) atoms. The van der Waals surface area contributed by atoms with Gasteiger partial charge in [-0.3, -0.25) is 4.79 Å². The van der Waals surface area contributed by atoms with Crippen molar-refractivity contribution in [1.82, 2.24) is 15.5 Å². The number of methoxy groups -OCH3 is 2. The van der Waals surface area contributed by atoms with Crippen LogP contribution < -0.4 is 14.8 Å². The minimum absolute atomic E-state index is 0.0223. The number of unbranched alkanes of at least 4 members (excludes halogenated alkanes) is 2. The van der Waals surface area contributed by atoms with E-state index < -0.39 is 0 Å². The van der Waals surface area contributed by atoms with E-state index in [0.717, 1.165) is 36.1 Å². The standard InChI is InChI=1S/C21H25N3O4S/c1-26-16-10-9-15(17(14-16)27-2)13-19(25)22-11-5-3-4-8-20-23-21(24-28-20)18-7-6-12-29-18/h6-7,9-10,12,14H,3-5,8,11,13H2,1-2H3,(H,22,25). The van der Waals surface area contributed by atoms with Gasteiger partial charge in [-0.25, -0.2) is 0 Å². The van der Waals surface area contributed by atoms with Crippen LogP contribution >= 0.6 is 11.3 Å². The molecule has 0 atom stereocenters. The molecule has 0 fully saturated rings. The highest BCUT2D eigenvalue weighted by atomic mass is 32.1. The largest absolute Gasteiger partial charge is 0.497 e. The van der Waals surface area contributed by atoms with E-state index in [4.69, 9.17) is 14.0 Å². The van der Waals surface area contributed by atoms with E-state index in [-0.39, 0.29) is 12.3 Å². The van der Waals surface area contributed by atoms with Crippen LogP contribution in [0.2, 0.25) is 0 Å². The van der Waals surface area contributed by atoms with Crippen LogP contribution in [0.25, 0.3) is 10.7 Å². The lowest BCUT2D eigenvalue weighted by molar-refractivity contribution is -0.120. The van der Waals surface area contributed by atoms with Crippen molar-refractivity contribution in [2.45, 2.75) is 32.1 Å². The van der Waals surface area contributed by atoms with Crippen LogP contribution in [-0.2, 0) is 17.6 Å². The zero-order valence-electron chi connectivity index (χ0n) is 16.6. The molecule has 0 radical (unpaired) electrons. The molecule has 1 aromatic carbocycles. The predicted molar refractivity (Wildman–Crippen MR) is 111 cm³/mol. The molecule has 0 unspecified atom stereocenters. The number of aryl methyl sites for hydroxylation is 1. The second-order valence-corrected chi connectivity index (χ2v) is 7.45. The first kappa shape index (κ1) is 20.9. The average molecular weight is 416 g/mol. The van der Waals surface area contributed by atoms with Crippen molar-refractivity contribution >= 4 is 17.2 Å². The summed E-state index contributed by atoms with van der Waals surface area (Å²) < 4.78 is 15.8. The second kappa shape index (κ2) is 10.6. The third-order valence-electron chi connectivity index (χ3n) is 4.44. The van der Waals surface area contributed by atoms with Crippen LogP contribution in [0.5, 0.6) is 11.5 Å². The van der Waals surface area contributed by atoms with E-state index >= 15 is 0 Å². The summed E-state index contributed by atoms with van der Waals surface area (Å²) in [4.78, 5) is 17.6. The molecular weight excluding hydrogens is 390 g/mol.